The number of ether oxygens (including phenoxy) is 2. The van der Waals surface area contributed by atoms with Gasteiger partial charge in [0.25, 0.3) is 0 Å². The lowest BCUT2D eigenvalue weighted by molar-refractivity contribution is 0.365. The van der Waals surface area contributed by atoms with Crippen LogP contribution in [0, 0.1) is 5.82 Å². The van der Waals surface area contributed by atoms with Crippen molar-refractivity contribution in [3.8, 4) is 28.8 Å². The van der Waals surface area contributed by atoms with Crippen LogP contribution < -0.4 is 15.2 Å². The van der Waals surface area contributed by atoms with Crippen molar-refractivity contribution in [3.05, 3.63) is 36.3 Å². The molecule has 0 aliphatic heterocycles. The largest absolute Gasteiger partial charge is 0.494 e. The van der Waals surface area contributed by atoms with E-state index in [4.69, 9.17) is 15.2 Å². The maximum Gasteiger partial charge on any atom is 0.224 e. The number of methoxy groups -OCH3 is 2. The van der Waals surface area contributed by atoms with Crippen LogP contribution in [0.15, 0.2) is 30.5 Å². The Bertz CT molecular complexity index is 1220. The summed E-state index contributed by atoms with van der Waals surface area (Å²) in [5.41, 5.74) is 8.17. The fourth-order valence-corrected chi connectivity index (χ4v) is 3.41. The number of nitrogens with zero attached hydrogens (tertiary/aromatic N) is 3. The molecular weight excluding hydrogens is 363 g/mol. The van der Waals surface area contributed by atoms with Crippen LogP contribution in [0.4, 0.5) is 10.1 Å². The van der Waals surface area contributed by atoms with Crippen LogP contribution in [0.25, 0.3) is 32.9 Å². The molecule has 3 heterocycles. The van der Waals surface area contributed by atoms with E-state index in [2.05, 4.69) is 9.97 Å². The summed E-state index contributed by atoms with van der Waals surface area (Å²) in [5.74, 6) is 0.114. The quantitative estimate of drug-likeness (QED) is 0.559. The molecule has 0 radical (unpaired) electrons. The normalized spacial score (nSPS) is 11.3. The van der Waals surface area contributed by atoms with Crippen molar-refractivity contribution in [3.63, 3.8) is 0 Å². The molecule has 0 saturated carbocycles. The van der Waals surface area contributed by atoms with Gasteiger partial charge in [0.1, 0.15) is 5.82 Å². The standard InChI is InChI=1S/C20H19FN4O3/c1-4-25-9-13-16(20(25)26)17(22)11-5-7-12(21)15(18(11)23-13)10-6-8-14(27-2)24-19(10)28-3/h5-9,26H,4,22H2,1-3H3. The van der Waals surface area contributed by atoms with Crippen molar-refractivity contribution in [2.45, 2.75) is 13.5 Å². The summed E-state index contributed by atoms with van der Waals surface area (Å²) in [6.45, 7) is 2.45. The highest BCUT2D eigenvalue weighted by Gasteiger charge is 2.21. The summed E-state index contributed by atoms with van der Waals surface area (Å²) in [6, 6.07) is 6.16. The van der Waals surface area contributed by atoms with Gasteiger partial charge >= 0.3 is 0 Å². The Morgan fingerprint density at radius 3 is 2.61 bits per heavy atom. The Labute approximate surface area is 160 Å². The Morgan fingerprint density at radius 2 is 1.93 bits per heavy atom. The first-order valence-electron chi connectivity index (χ1n) is 8.69. The van der Waals surface area contributed by atoms with Gasteiger partial charge in [-0.15, -0.1) is 0 Å². The molecule has 3 aromatic heterocycles. The molecule has 0 aliphatic rings. The van der Waals surface area contributed by atoms with Gasteiger partial charge in [0, 0.05) is 35.3 Å². The number of benzene rings is 1. The Kier molecular flexibility index (Phi) is 4.18. The molecule has 28 heavy (non-hydrogen) atoms. The third-order valence-corrected chi connectivity index (χ3v) is 4.80. The van der Waals surface area contributed by atoms with Crippen LogP contribution in [-0.4, -0.2) is 33.9 Å². The van der Waals surface area contributed by atoms with Gasteiger partial charge in [-0.1, -0.05) is 0 Å². The minimum absolute atomic E-state index is 0.0407. The molecule has 7 nitrogen and oxygen atoms in total. The van der Waals surface area contributed by atoms with E-state index < -0.39 is 5.82 Å². The number of aromatic hydroxyl groups is 1. The molecule has 0 fully saturated rings. The third kappa shape index (κ3) is 2.49. The molecule has 0 amide bonds. The van der Waals surface area contributed by atoms with Crippen LogP contribution in [0.3, 0.4) is 0 Å². The van der Waals surface area contributed by atoms with Gasteiger partial charge in [0.05, 0.1) is 36.3 Å². The Balaban J connectivity index is 2.11. The van der Waals surface area contributed by atoms with Crippen molar-refractivity contribution < 1.29 is 19.0 Å². The van der Waals surface area contributed by atoms with Gasteiger partial charge in [-0.25, -0.2) is 9.37 Å². The average Bonchev–Trinajstić information content (AvgIpc) is 3.03. The first kappa shape index (κ1) is 17.8. The molecule has 0 saturated heterocycles. The summed E-state index contributed by atoms with van der Waals surface area (Å²) in [5, 5.41) is 11.4. The van der Waals surface area contributed by atoms with E-state index in [-0.39, 0.29) is 17.3 Å². The highest BCUT2D eigenvalue weighted by Crippen LogP contribution is 2.41. The number of fused-ring (bicyclic) bond motifs is 2. The average molecular weight is 382 g/mol. The monoisotopic (exact) mass is 382 g/mol. The predicted octanol–water partition coefficient (Wildman–Crippen LogP) is 3.72. The number of hydrogen-bond donors (Lipinski definition) is 2. The van der Waals surface area contributed by atoms with Gasteiger partial charge in [-0.05, 0) is 25.1 Å². The van der Waals surface area contributed by atoms with E-state index in [1.165, 1.54) is 20.3 Å². The molecule has 4 aromatic rings. The molecule has 0 bridgehead atoms. The first-order valence-corrected chi connectivity index (χ1v) is 8.69. The number of hydrogen-bond acceptors (Lipinski definition) is 6. The highest BCUT2D eigenvalue weighted by molar-refractivity contribution is 6.12. The summed E-state index contributed by atoms with van der Waals surface area (Å²) in [7, 11) is 2.94. The lowest BCUT2D eigenvalue weighted by Crippen LogP contribution is -1.99. The maximum absolute atomic E-state index is 14.9. The zero-order valence-electron chi connectivity index (χ0n) is 15.7. The fourth-order valence-electron chi connectivity index (χ4n) is 3.41. The smallest absolute Gasteiger partial charge is 0.224 e. The molecule has 0 aliphatic carbocycles. The molecule has 1 aromatic carbocycles. The van der Waals surface area contributed by atoms with Crippen molar-refractivity contribution in [1.29, 1.82) is 0 Å². The number of aryl methyl sites for hydroxylation is 1. The second-order valence-electron chi connectivity index (χ2n) is 6.25. The molecule has 0 unspecified atom stereocenters. The van der Waals surface area contributed by atoms with Gasteiger partial charge < -0.3 is 24.9 Å². The number of nitrogens with two attached hydrogens (primary N) is 1. The van der Waals surface area contributed by atoms with Gasteiger partial charge in [0.2, 0.25) is 17.6 Å². The molecule has 0 spiro atoms. The Hall–Kier alpha value is -3.55. The molecule has 4 rings (SSSR count). The van der Waals surface area contributed by atoms with E-state index in [1.54, 1.807) is 29.0 Å². The summed E-state index contributed by atoms with van der Waals surface area (Å²) in [6.07, 6.45) is 1.69. The Morgan fingerprint density at radius 1 is 1.14 bits per heavy atom. The van der Waals surface area contributed by atoms with Crippen LogP contribution in [-0.2, 0) is 6.54 Å². The van der Waals surface area contributed by atoms with Crippen molar-refractivity contribution in [2.24, 2.45) is 0 Å². The minimum atomic E-state index is -0.483. The first-order chi connectivity index (χ1) is 13.5. The summed E-state index contributed by atoms with van der Waals surface area (Å²) in [4.78, 5) is 8.84. The zero-order chi connectivity index (χ0) is 20.0. The lowest BCUT2D eigenvalue weighted by Gasteiger charge is -2.13. The number of aromatic nitrogens is 3. The number of rotatable bonds is 4. The number of halogens is 1. The second-order valence-corrected chi connectivity index (χ2v) is 6.25. The third-order valence-electron chi connectivity index (χ3n) is 4.80. The molecule has 3 N–H and O–H groups in total. The van der Waals surface area contributed by atoms with Gasteiger partial charge in [0.15, 0.2) is 0 Å². The second kappa shape index (κ2) is 6.56. The van der Waals surface area contributed by atoms with Crippen LogP contribution in [0.1, 0.15) is 6.92 Å². The van der Waals surface area contributed by atoms with Crippen molar-refractivity contribution in [1.82, 2.24) is 14.5 Å². The predicted molar refractivity (Wildman–Crippen MR) is 105 cm³/mol. The highest BCUT2D eigenvalue weighted by atomic mass is 19.1. The summed E-state index contributed by atoms with van der Waals surface area (Å²) >= 11 is 0. The fraction of sp³-hybridized carbons (Fsp3) is 0.200. The van der Waals surface area contributed by atoms with Crippen LogP contribution in [0.2, 0.25) is 0 Å². The zero-order valence-corrected chi connectivity index (χ0v) is 15.7. The van der Waals surface area contributed by atoms with E-state index in [0.717, 1.165) is 0 Å². The van der Waals surface area contributed by atoms with Crippen molar-refractivity contribution >= 4 is 27.5 Å². The van der Waals surface area contributed by atoms with E-state index in [0.29, 0.717) is 45.5 Å². The number of pyridine rings is 2. The van der Waals surface area contributed by atoms with Gasteiger partial charge in [-0.3, -0.25) is 0 Å². The number of nitrogen functional groups attached to an aromatic ring is 1. The van der Waals surface area contributed by atoms with Crippen molar-refractivity contribution in [2.75, 3.05) is 20.0 Å². The van der Waals surface area contributed by atoms with Crippen LogP contribution >= 0.6 is 0 Å². The SMILES string of the molecule is CCn1cc2nc3c(-c4ccc(OC)nc4OC)c(F)ccc3c(N)c2c1O. The minimum Gasteiger partial charge on any atom is -0.494 e. The number of anilines is 1. The molecule has 8 heteroatoms. The maximum atomic E-state index is 14.9. The molecule has 144 valence electrons. The summed E-state index contributed by atoms with van der Waals surface area (Å²) < 4.78 is 27.0. The topological polar surface area (TPSA) is 95.4 Å². The van der Waals surface area contributed by atoms with E-state index in [1.807, 2.05) is 6.92 Å². The van der Waals surface area contributed by atoms with E-state index in [9.17, 15) is 9.50 Å². The van der Waals surface area contributed by atoms with Gasteiger partial charge in [-0.2, -0.15) is 4.98 Å². The lowest BCUT2D eigenvalue weighted by atomic mass is 10.0. The molecular formula is C20H19FN4O3. The van der Waals surface area contributed by atoms with Crippen LogP contribution in [0.5, 0.6) is 17.6 Å². The van der Waals surface area contributed by atoms with E-state index >= 15 is 0 Å². The molecule has 0 atom stereocenters.